The Kier molecular flexibility index (Phi) is 6.01. The fourth-order valence-electron chi connectivity index (χ4n) is 3.56. The van der Waals surface area contributed by atoms with Crippen LogP contribution in [0.1, 0.15) is 11.1 Å². The number of ether oxygens (including phenoxy) is 1. The molecule has 0 aliphatic carbocycles. The summed E-state index contributed by atoms with van der Waals surface area (Å²) in [5.41, 5.74) is 1.93. The average molecular weight is 428 g/mol. The SMILES string of the molecule is Cc1cc(=O)oc2cc(OCC(=O)N3CCN(Cc4ccncc4)CC3)c(Cl)cc12. The van der Waals surface area contributed by atoms with Crippen LogP contribution in [0, 0.1) is 6.92 Å². The monoisotopic (exact) mass is 427 g/mol. The number of aryl methyl sites for hydroxylation is 1. The highest BCUT2D eigenvalue weighted by molar-refractivity contribution is 6.32. The maximum atomic E-state index is 12.6. The van der Waals surface area contributed by atoms with E-state index < -0.39 is 5.63 Å². The highest BCUT2D eigenvalue weighted by Gasteiger charge is 2.22. The summed E-state index contributed by atoms with van der Waals surface area (Å²) in [6, 6.07) is 8.67. The Balaban J connectivity index is 1.34. The molecule has 0 saturated carbocycles. The summed E-state index contributed by atoms with van der Waals surface area (Å²) in [4.78, 5) is 32.3. The molecule has 1 fully saturated rings. The fraction of sp³-hybridized carbons (Fsp3) is 0.318. The molecule has 4 rings (SSSR count). The zero-order chi connectivity index (χ0) is 21.1. The van der Waals surface area contributed by atoms with Crippen molar-refractivity contribution in [2.75, 3.05) is 32.8 Å². The molecule has 0 N–H and O–H groups in total. The molecule has 7 nitrogen and oxygen atoms in total. The van der Waals surface area contributed by atoms with Gasteiger partial charge in [0.1, 0.15) is 11.3 Å². The standard InChI is InChI=1S/C22H22ClN3O4/c1-15-10-22(28)30-19-12-20(18(23)11-17(15)19)29-14-21(27)26-8-6-25(7-9-26)13-16-2-4-24-5-3-16/h2-5,10-12H,6-9,13-14H2,1H3. The molecule has 156 valence electrons. The van der Waals surface area contributed by atoms with Gasteiger partial charge in [-0.15, -0.1) is 0 Å². The molecule has 1 saturated heterocycles. The van der Waals surface area contributed by atoms with E-state index in [9.17, 15) is 9.59 Å². The van der Waals surface area contributed by atoms with Crippen LogP contribution in [0.3, 0.4) is 0 Å². The lowest BCUT2D eigenvalue weighted by atomic mass is 10.1. The van der Waals surface area contributed by atoms with E-state index in [1.807, 2.05) is 19.1 Å². The molecule has 3 heterocycles. The molecule has 1 aliphatic rings. The van der Waals surface area contributed by atoms with Crippen LogP contribution in [-0.2, 0) is 11.3 Å². The molecule has 0 atom stereocenters. The molecule has 2 aromatic heterocycles. The second kappa shape index (κ2) is 8.85. The lowest BCUT2D eigenvalue weighted by Crippen LogP contribution is -2.49. The zero-order valence-corrected chi connectivity index (χ0v) is 17.4. The molecule has 1 aromatic carbocycles. The largest absolute Gasteiger partial charge is 0.482 e. The first-order chi connectivity index (χ1) is 14.5. The third kappa shape index (κ3) is 4.63. The number of amides is 1. The number of hydrogen-bond donors (Lipinski definition) is 0. The molecule has 1 amide bonds. The van der Waals surface area contributed by atoms with Crippen LogP contribution in [-0.4, -0.2) is 53.5 Å². The maximum absolute atomic E-state index is 12.6. The van der Waals surface area contributed by atoms with Gasteiger partial charge in [0.2, 0.25) is 0 Å². The number of piperazine rings is 1. The maximum Gasteiger partial charge on any atom is 0.336 e. The Morgan fingerprint density at radius 3 is 2.63 bits per heavy atom. The summed E-state index contributed by atoms with van der Waals surface area (Å²) in [5.74, 6) is 0.225. The van der Waals surface area contributed by atoms with Crippen LogP contribution < -0.4 is 10.4 Å². The number of halogens is 1. The Bertz CT molecular complexity index is 1110. The summed E-state index contributed by atoms with van der Waals surface area (Å²) in [5, 5.41) is 1.11. The lowest BCUT2D eigenvalue weighted by Gasteiger charge is -2.34. The van der Waals surface area contributed by atoms with Crippen molar-refractivity contribution >= 4 is 28.5 Å². The molecule has 8 heteroatoms. The second-order valence-corrected chi connectivity index (χ2v) is 7.74. The van der Waals surface area contributed by atoms with E-state index in [2.05, 4.69) is 9.88 Å². The van der Waals surface area contributed by atoms with Gasteiger partial charge < -0.3 is 14.1 Å². The summed E-state index contributed by atoms with van der Waals surface area (Å²) < 4.78 is 10.9. The van der Waals surface area contributed by atoms with Crippen LogP contribution >= 0.6 is 11.6 Å². The predicted molar refractivity (Wildman–Crippen MR) is 114 cm³/mol. The molecule has 0 radical (unpaired) electrons. The topological polar surface area (TPSA) is 75.9 Å². The smallest absolute Gasteiger partial charge is 0.336 e. The van der Waals surface area contributed by atoms with E-state index in [0.29, 0.717) is 29.4 Å². The summed E-state index contributed by atoms with van der Waals surface area (Å²) in [6.45, 7) is 5.43. The van der Waals surface area contributed by atoms with Crippen molar-refractivity contribution < 1.29 is 13.9 Å². The van der Waals surface area contributed by atoms with E-state index in [1.165, 1.54) is 11.6 Å². The van der Waals surface area contributed by atoms with Crippen molar-refractivity contribution in [1.82, 2.24) is 14.8 Å². The highest BCUT2D eigenvalue weighted by atomic mass is 35.5. The molecule has 3 aromatic rings. The van der Waals surface area contributed by atoms with Crippen molar-refractivity contribution in [3.8, 4) is 5.75 Å². The van der Waals surface area contributed by atoms with Gasteiger partial charge in [-0.2, -0.15) is 0 Å². The van der Waals surface area contributed by atoms with Crippen LogP contribution in [0.4, 0.5) is 0 Å². The van der Waals surface area contributed by atoms with Crippen LogP contribution in [0.5, 0.6) is 5.75 Å². The highest BCUT2D eigenvalue weighted by Crippen LogP contribution is 2.31. The summed E-state index contributed by atoms with van der Waals surface area (Å²) >= 11 is 6.30. The van der Waals surface area contributed by atoms with Crippen molar-refractivity contribution in [2.45, 2.75) is 13.5 Å². The summed E-state index contributed by atoms with van der Waals surface area (Å²) in [7, 11) is 0. The zero-order valence-electron chi connectivity index (χ0n) is 16.6. The normalized spacial score (nSPS) is 14.8. The van der Waals surface area contributed by atoms with Gasteiger partial charge in [0.05, 0.1) is 5.02 Å². The molecule has 1 aliphatic heterocycles. The van der Waals surface area contributed by atoms with Gasteiger partial charge in [-0.1, -0.05) is 11.6 Å². The van der Waals surface area contributed by atoms with Gasteiger partial charge in [0.25, 0.3) is 5.91 Å². The van der Waals surface area contributed by atoms with Crippen molar-refractivity contribution in [1.29, 1.82) is 0 Å². The first-order valence-electron chi connectivity index (χ1n) is 9.75. The number of hydrogen-bond acceptors (Lipinski definition) is 6. The first-order valence-corrected chi connectivity index (χ1v) is 10.1. The molecule has 0 spiro atoms. The van der Waals surface area contributed by atoms with E-state index in [0.717, 1.165) is 30.6 Å². The third-order valence-corrected chi connectivity index (χ3v) is 5.53. The van der Waals surface area contributed by atoms with Gasteiger partial charge in [0.15, 0.2) is 6.61 Å². The molecular formula is C22H22ClN3O4. The number of rotatable bonds is 5. The molecule has 30 heavy (non-hydrogen) atoms. The Morgan fingerprint density at radius 1 is 1.17 bits per heavy atom. The van der Waals surface area contributed by atoms with Gasteiger partial charge in [0, 0.05) is 62.6 Å². The average Bonchev–Trinajstić information content (AvgIpc) is 2.74. The van der Waals surface area contributed by atoms with Gasteiger partial charge >= 0.3 is 5.63 Å². The Labute approximate surface area is 178 Å². The quantitative estimate of drug-likeness (QED) is 0.583. The van der Waals surface area contributed by atoms with Crippen molar-refractivity contribution in [2.24, 2.45) is 0 Å². The van der Waals surface area contributed by atoms with E-state index >= 15 is 0 Å². The number of carbonyl (C=O) groups is 1. The number of pyridine rings is 1. The molecule has 0 bridgehead atoms. The second-order valence-electron chi connectivity index (χ2n) is 7.33. The summed E-state index contributed by atoms with van der Waals surface area (Å²) in [6.07, 6.45) is 3.58. The fourth-order valence-corrected chi connectivity index (χ4v) is 3.78. The minimum Gasteiger partial charge on any atom is -0.482 e. The molecular weight excluding hydrogens is 406 g/mol. The van der Waals surface area contributed by atoms with E-state index in [-0.39, 0.29) is 12.5 Å². The lowest BCUT2D eigenvalue weighted by molar-refractivity contribution is -0.135. The Morgan fingerprint density at radius 2 is 1.90 bits per heavy atom. The Hall–Kier alpha value is -2.90. The minimum atomic E-state index is -0.436. The predicted octanol–water partition coefficient (Wildman–Crippen LogP) is 2.87. The number of aromatic nitrogens is 1. The van der Waals surface area contributed by atoms with Crippen molar-refractivity contribution in [3.63, 3.8) is 0 Å². The molecule has 0 unspecified atom stereocenters. The number of benzene rings is 1. The van der Waals surface area contributed by atoms with Crippen LogP contribution in [0.25, 0.3) is 11.0 Å². The number of nitrogens with zero attached hydrogens (tertiary/aromatic N) is 3. The van der Waals surface area contributed by atoms with Crippen LogP contribution in [0.15, 0.2) is 51.9 Å². The van der Waals surface area contributed by atoms with Crippen LogP contribution in [0.2, 0.25) is 5.02 Å². The van der Waals surface area contributed by atoms with Gasteiger partial charge in [-0.25, -0.2) is 4.79 Å². The van der Waals surface area contributed by atoms with E-state index in [4.69, 9.17) is 20.8 Å². The van der Waals surface area contributed by atoms with E-state index in [1.54, 1.807) is 29.4 Å². The van der Waals surface area contributed by atoms with Crippen molar-refractivity contribution in [3.05, 3.63) is 69.3 Å². The number of carbonyl (C=O) groups excluding carboxylic acids is 1. The van der Waals surface area contributed by atoms with Gasteiger partial charge in [-0.3, -0.25) is 14.7 Å². The van der Waals surface area contributed by atoms with Gasteiger partial charge in [-0.05, 0) is 36.2 Å². The number of fused-ring (bicyclic) bond motifs is 1. The first kappa shape index (κ1) is 20.4. The third-order valence-electron chi connectivity index (χ3n) is 5.24. The minimum absolute atomic E-state index is 0.0968.